The van der Waals surface area contributed by atoms with Crippen LogP contribution in [0.3, 0.4) is 0 Å². The summed E-state index contributed by atoms with van der Waals surface area (Å²) in [6.45, 7) is 4.48. The molecule has 19 heavy (non-hydrogen) atoms. The fourth-order valence-electron chi connectivity index (χ4n) is 3.74. The van der Waals surface area contributed by atoms with Gasteiger partial charge in [0.25, 0.3) is 0 Å². The SMILES string of the molecule is CC(C)c1ccc(CC(NN)C2CC3CC3C2)cc1. The Bertz CT molecular complexity index is 413. The van der Waals surface area contributed by atoms with Gasteiger partial charge in [-0.05, 0) is 60.5 Å². The molecule has 3 unspecified atom stereocenters. The zero-order valence-corrected chi connectivity index (χ0v) is 12.1. The predicted molar refractivity (Wildman–Crippen MR) is 79.7 cm³/mol. The van der Waals surface area contributed by atoms with Crippen LogP contribution in [-0.2, 0) is 6.42 Å². The van der Waals surface area contributed by atoms with Gasteiger partial charge in [-0.15, -0.1) is 0 Å². The molecule has 0 bridgehead atoms. The summed E-state index contributed by atoms with van der Waals surface area (Å²) in [5, 5.41) is 0. The van der Waals surface area contributed by atoms with Crippen LogP contribution in [0.2, 0.25) is 0 Å². The second-order valence-corrected chi connectivity index (χ2v) is 6.86. The van der Waals surface area contributed by atoms with Crippen molar-refractivity contribution in [3.05, 3.63) is 35.4 Å². The molecule has 1 aromatic rings. The van der Waals surface area contributed by atoms with Crippen molar-refractivity contribution in [2.24, 2.45) is 23.6 Å². The summed E-state index contributed by atoms with van der Waals surface area (Å²) >= 11 is 0. The first-order chi connectivity index (χ1) is 9.17. The van der Waals surface area contributed by atoms with E-state index in [1.165, 1.54) is 30.4 Å². The number of rotatable bonds is 5. The van der Waals surface area contributed by atoms with Crippen molar-refractivity contribution in [1.82, 2.24) is 5.43 Å². The molecule has 3 atom stereocenters. The average Bonchev–Trinajstić information content (AvgIpc) is 3.03. The monoisotopic (exact) mass is 258 g/mol. The quantitative estimate of drug-likeness (QED) is 0.628. The Morgan fingerprint density at radius 3 is 2.26 bits per heavy atom. The summed E-state index contributed by atoms with van der Waals surface area (Å²) in [5.74, 6) is 9.25. The van der Waals surface area contributed by atoms with Gasteiger partial charge in [0.15, 0.2) is 0 Å². The molecule has 2 saturated carbocycles. The molecule has 2 fully saturated rings. The molecule has 0 spiro atoms. The summed E-state index contributed by atoms with van der Waals surface area (Å²) in [7, 11) is 0. The minimum absolute atomic E-state index is 0.456. The van der Waals surface area contributed by atoms with E-state index < -0.39 is 0 Å². The molecule has 0 saturated heterocycles. The van der Waals surface area contributed by atoms with Gasteiger partial charge in [0.05, 0.1) is 0 Å². The van der Waals surface area contributed by atoms with Gasteiger partial charge in [-0.2, -0.15) is 0 Å². The number of hydrogen-bond donors (Lipinski definition) is 2. The lowest BCUT2D eigenvalue weighted by Crippen LogP contribution is -2.42. The molecule has 2 nitrogen and oxygen atoms in total. The molecule has 1 aromatic carbocycles. The van der Waals surface area contributed by atoms with E-state index >= 15 is 0 Å². The van der Waals surface area contributed by atoms with Crippen molar-refractivity contribution >= 4 is 0 Å². The van der Waals surface area contributed by atoms with Crippen LogP contribution in [0.25, 0.3) is 0 Å². The molecule has 0 radical (unpaired) electrons. The number of fused-ring (bicyclic) bond motifs is 1. The summed E-state index contributed by atoms with van der Waals surface area (Å²) in [4.78, 5) is 0. The first-order valence-electron chi connectivity index (χ1n) is 7.72. The summed E-state index contributed by atoms with van der Waals surface area (Å²) < 4.78 is 0. The lowest BCUT2D eigenvalue weighted by Gasteiger charge is -2.24. The van der Waals surface area contributed by atoms with E-state index in [9.17, 15) is 0 Å². The van der Waals surface area contributed by atoms with E-state index in [-0.39, 0.29) is 0 Å². The van der Waals surface area contributed by atoms with E-state index in [0.29, 0.717) is 12.0 Å². The van der Waals surface area contributed by atoms with Crippen LogP contribution in [-0.4, -0.2) is 6.04 Å². The minimum atomic E-state index is 0.456. The lowest BCUT2D eigenvalue weighted by molar-refractivity contribution is 0.336. The van der Waals surface area contributed by atoms with Gasteiger partial charge in [-0.3, -0.25) is 11.3 Å². The molecule has 2 aliphatic rings. The maximum atomic E-state index is 5.79. The zero-order valence-electron chi connectivity index (χ0n) is 12.1. The maximum absolute atomic E-state index is 5.79. The summed E-state index contributed by atoms with van der Waals surface area (Å²) in [6, 6.07) is 9.53. The first-order valence-corrected chi connectivity index (χ1v) is 7.72. The van der Waals surface area contributed by atoms with Crippen molar-refractivity contribution in [3.63, 3.8) is 0 Å². The van der Waals surface area contributed by atoms with Crippen LogP contribution in [0, 0.1) is 17.8 Å². The third kappa shape index (κ3) is 2.85. The van der Waals surface area contributed by atoms with Crippen molar-refractivity contribution in [3.8, 4) is 0 Å². The standard InChI is InChI=1S/C17H26N2/c1-11(2)13-5-3-12(4-6-13)7-17(19-18)16-9-14-8-15(14)10-16/h3-6,11,14-17,19H,7-10,18H2,1-2H3. The molecule has 0 amide bonds. The normalized spacial score (nSPS) is 30.4. The van der Waals surface area contributed by atoms with Crippen LogP contribution in [0.4, 0.5) is 0 Å². The van der Waals surface area contributed by atoms with Crippen LogP contribution in [0.15, 0.2) is 24.3 Å². The Balaban J connectivity index is 1.62. The zero-order chi connectivity index (χ0) is 13.4. The lowest BCUT2D eigenvalue weighted by atomic mass is 9.89. The Labute approximate surface area is 116 Å². The van der Waals surface area contributed by atoms with E-state index in [1.807, 2.05) is 0 Å². The maximum Gasteiger partial charge on any atom is 0.0279 e. The van der Waals surface area contributed by atoms with Gasteiger partial charge < -0.3 is 0 Å². The van der Waals surface area contributed by atoms with Crippen LogP contribution in [0.5, 0.6) is 0 Å². The number of benzene rings is 1. The van der Waals surface area contributed by atoms with Gasteiger partial charge >= 0.3 is 0 Å². The second-order valence-electron chi connectivity index (χ2n) is 6.86. The summed E-state index contributed by atoms with van der Waals surface area (Å²) in [6.07, 6.45) is 5.34. The fourth-order valence-corrected chi connectivity index (χ4v) is 3.74. The van der Waals surface area contributed by atoms with Gasteiger partial charge in [0, 0.05) is 6.04 Å². The molecule has 3 rings (SSSR count). The van der Waals surface area contributed by atoms with Gasteiger partial charge in [-0.1, -0.05) is 38.1 Å². The van der Waals surface area contributed by atoms with Crippen molar-refractivity contribution in [2.75, 3.05) is 0 Å². The average molecular weight is 258 g/mol. The Kier molecular flexibility index (Phi) is 3.64. The molecule has 2 heteroatoms. The minimum Gasteiger partial charge on any atom is -0.271 e. The highest BCUT2D eigenvalue weighted by Crippen LogP contribution is 2.55. The number of hydrogen-bond acceptors (Lipinski definition) is 2. The van der Waals surface area contributed by atoms with Gasteiger partial charge in [0.2, 0.25) is 0 Å². The van der Waals surface area contributed by atoms with Crippen molar-refractivity contribution in [1.29, 1.82) is 0 Å². The molecule has 3 N–H and O–H groups in total. The molecule has 0 heterocycles. The van der Waals surface area contributed by atoms with Crippen molar-refractivity contribution in [2.45, 2.75) is 51.5 Å². The van der Waals surface area contributed by atoms with E-state index in [2.05, 4.69) is 43.5 Å². The van der Waals surface area contributed by atoms with Crippen LogP contribution in [0.1, 0.15) is 50.2 Å². The largest absolute Gasteiger partial charge is 0.271 e. The van der Waals surface area contributed by atoms with E-state index in [0.717, 1.165) is 24.2 Å². The Morgan fingerprint density at radius 1 is 1.11 bits per heavy atom. The van der Waals surface area contributed by atoms with Crippen molar-refractivity contribution < 1.29 is 0 Å². The number of nitrogens with one attached hydrogen (secondary N) is 1. The molecule has 104 valence electrons. The van der Waals surface area contributed by atoms with Gasteiger partial charge in [0.1, 0.15) is 0 Å². The van der Waals surface area contributed by atoms with Crippen LogP contribution >= 0.6 is 0 Å². The van der Waals surface area contributed by atoms with E-state index in [4.69, 9.17) is 5.84 Å². The molecule has 0 aliphatic heterocycles. The third-order valence-corrected chi connectivity index (χ3v) is 5.17. The predicted octanol–water partition coefficient (Wildman–Crippen LogP) is 3.23. The third-order valence-electron chi connectivity index (χ3n) is 5.17. The smallest absolute Gasteiger partial charge is 0.0279 e. The van der Waals surface area contributed by atoms with E-state index in [1.54, 1.807) is 0 Å². The molecule has 2 aliphatic carbocycles. The second kappa shape index (κ2) is 5.26. The Hall–Kier alpha value is -0.860. The van der Waals surface area contributed by atoms with Gasteiger partial charge in [-0.25, -0.2) is 0 Å². The highest BCUT2D eigenvalue weighted by molar-refractivity contribution is 5.25. The number of nitrogens with two attached hydrogens (primary N) is 1. The molecule has 0 aromatic heterocycles. The highest BCUT2D eigenvalue weighted by atomic mass is 15.2. The molecular formula is C17H26N2. The molecular weight excluding hydrogens is 232 g/mol. The Morgan fingerprint density at radius 2 is 1.74 bits per heavy atom. The first kappa shape index (κ1) is 13.1. The highest BCUT2D eigenvalue weighted by Gasteiger charge is 2.47. The van der Waals surface area contributed by atoms with Crippen LogP contribution < -0.4 is 11.3 Å². The topological polar surface area (TPSA) is 38.0 Å². The fraction of sp³-hybridized carbons (Fsp3) is 0.647. The number of hydrazine groups is 1. The summed E-state index contributed by atoms with van der Waals surface area (Å²) in [5.41, 5.74) is 5.90.